The number of urea groups is 1. The Labute approximate surface area is 157 Å². The summed E-state index contributed by atoms with van der Waals surface area (Å²) in [6.45, 7) is -0.0777. The van der Waals surface area contributed by atoms with E-state index in [4.69, 9.17) is 0 Å². The molecule has 1 heterocycles. The second kappa shape index (κ2) is 9.32. The molecule has 0 aromatic heterocycles. The molecule has 1 aliphatic heterocycles. The van der Waals surface area contributed by atoms with Crippen molar-refractivity contribution in [2.75, 3.05) is 18.4 Å². The molecule has 5 nitrogen and oxygen atoms in total. The molecule has 0 spiro atoms. The molecule has 0 atom stereocenters. The SMILES string of the molecule is O=C(Nc1ccc(OC(F)F)cc1)NC1CCN(Cc2ccccc2)CC1. The lowest BCUT2D eigenvalue weighted by Gasteiger charge is -2.32. The highest BCUT2D eigenvalue weighted by Gasteiger charge is 2.20. The molecule has 0 aliphatic carbocycles. The molecule has 2 amide bonds. The van der Waals surface area contributed by atoms with E-state index in [1.165, 1.54) is 29.8 Å². The van der Waals surface area contributed by atoms with Gasteiger partial charge in [-0.2, -0.15) is 8.78 Å². The van der Waals surface area contributed by atoms with Crippen LogP contribution < -0.4 is 15.4 Å². The van der Waals surface area contributed by atoms with E-state index < -0.39 is 6.61 Å². The average Bonchev–Trinajstić information content (AvgIpc) is 2.65. The number of carbonyl (C=O) groups is 1. The van der Waals surface area contributed by atoms with Crippen LogP contribution in [-0.4, -0.2) is 36.7 Å². The molecule has 0 radical (unpaired) electrons. The van der Waals surface area contributed by atoms with Crippen molar-refractivity contribution >= 4 is 11.7 Å². The van der Waals surface area contributed by atoms with Crippen molar-refractivity contribution in [2.24, 2.45) is 0 Å². The van der Waals surface area contributed by atoms with E-state index in [2.05, 4.69) is 32.4 Å². The van der Waals surface area contributed by atoms with Crippen molar-refractivity contribution in [1.82, 2.24) is 10.2 Å². The molecule has 27 heavy (non-hydrogen) atoms. The van der Waals surface area contributed by atoms with Gasteiger partial charge in [0.2, 0.25) is 0 Å². The zero-order chi connectivity index (χ0) is 19.1. The second-order valence-electron chi connectivity index (χ2n) is 6.54. The van der Waals surface area contributed by atoms with Crippen LogP contribution >= 0.6 is 0 Å². The van der Waals surface area contributed by atoms with Crippen molar-refractivity contribution < 1.29 is 18.3 Å². The van der Waals surface area contributed by atoms with Gasteiger partial charge < -0.3 is 15.4 Å². The van der Waals surface area contributed by atoms with E-state index in [0.717, 1.165) is 32.5 Å². The summed E-state index contributed by atoms with van der Waals surface area (Å²) in [6, 6.07) is 16.0. The number of hydrogen-bond acceptors (Lipinski definition) is 3. The first kappa shape index (κ1) is 19.1. The third-order valence-electron chi connectivity index (χ3n) is 4.51. The predicted octanol–water partition coefficient (Wildman–Crippen LogP) is 4.07. The summed E-state index contributed by atoms with van der Waals surface area (Å²) in [5.74, 6) is 0.0572. The first-order valence-electron chi connectivity index (χ1n) is 8.97. The number of nitrogens with one attached hydrogen (secondary N) is 2. The molecular formula is C20H23F2N3O2. The van der Waals surface area contributed by atoms with Crippen LogP contribution in [-0.2, 0) is 6.54 Å². The number of nitrogens with zero attached hydrogens (tertiary/aromatic N) is 1. The van der Waals surface area contributed by atoms with Crippen molar-refractivity contribution in [2.45, 2.75) is 32.0 Å². The van der Waals surface area contributed by atoms with Gasteiger partial charge in [-0.05, 0) is 42.7 Å². The summed E-state index contributed by atoms with van der Waals surface area (Å²) in [7, 11) is 0. The first-order chi connectivity index (χ1) is 13.1. The number of amides is 2. The van der Waals surface area contributed by atoms with Crippen LogP contribution in [0, 0.1) is 0 Å². The maximum absolute atomic E-state index is 12.1. The van der Waals surface area contributed by atoms with Gasteiger partial charge in [-0.1, -0.05) is 30.3 Å². The topological polar surface area (TPSA) is 53.6 Å². The molecule has 144 valence electrons. The Morgan fingerprint density at radius 2 is 1.74 bits per heavy atom. The second-order valence-corrected chi connectivity index (χ2v) is 6.54. The van der Waals surface area contributed by atoms with E-state index in [0.29, 0.717) is 5.69 Å². The highest BCUT2D eigenvalue weighted by molar-refractivity contribution is 5.89. The van der Waals surface area contributed by atoms with Gasteiger partial charge in [0.25, 0.3) is 0 Å². The van der Waals surface area contributed by atoms with Gasteiger partial charge in [0.15, 0.2) is 0 Å². The van der Waals surface area contributed by atoms with Gasteiger partial charge in [0.05, 0.1) is 0 Å². The molecule has 2 aromatic rings. The number of anilines is 1. The Balaban J connectivity index is 1.40. The lowest BCUT2D eigenvalue weighted by molar-refractivity contribution is -0.0498. The molecule has 3 rings (SSSR count). The van der Waals surface area contributed by atoms with Crippen LogP contribution in [0.25, 0.3) is 0 Å². The summed E-state index contributed by atoms with van der Waals surface area (Å²) in [4.78, 5) is 14.5. The minimum Gasteiger partial charge on any atom is -0.435 e. The van der Waals surface area contributed by atoms with Crippen LogP contribution in [0.5, 0.6) is 5.75 Å². The maximum Gasteiger partial charge on any atom is 0.387 e. The van der Waals surface area contributed by atoms with Gasteiger partial charge in [0, 0.05) is 31.4 Å². The third-order valence-corrected chi connectivity index (χ3v) is 4.51. The largest absolute Gasteiger partial charge is 0.435 e. The minimum absolute atomic E-state index is 0.0572. The fourth-order valence-corrected chi connectivity index (χ4v) is 3.15. The monoisotopic (exact) mass is 375 g/mol. The first-order valence-corrected chi connectivity index (χ1v) is 8.97. The third kappa shape index (κ3) is 6.21. The molecule has 2 N–H and O–H groups in total. The fraction of sp³-hybridized carbons (Fsp3) is 0.350. The summed E-state index contributed by atoms with van der Waals surface area (Å²) in [5, 5.41) is 5.68. The molecule has 0 bridgehead atoms. The quantitative estimate of drug-likeness (QED) is 0.800. The van der Waals surface area contributed by atoms with Crippen molar-refractivity contribution in [3.05, 3.63) is 60.2 Å². The van der Waals surface area contributed by atoms with Gasteiger partial charge in [-0.15, -0.1) is 0 Å². The summed E-state index contributed by atoms with van der Waals surface area (Å²) < 4.78 is 28.6. The zero-order valence-electron chi connectivity index (χ0n) is 14.9. The number of alkyl halides is 2. The molecule has 2 aromatic carbocycles. The Kier molecular flexibility index (Phi) is 6.59. The summed E-state index contributed by atoms with van der Waals surface area (Å²) in [6.07, 6.45) is 1.78. The van der Waals surface area contributed by atoms with Crippen LogP contribution in [0.15, 0.2) is 54.6 Å². The molecule has 0 saturated carbocycles. The number of benzene rings is 2. The molecule has 7 heteroatoms. The normalized spacial score (nSPS) is 15.5. The lowest BCUT2D eigenvalue weighted by atomic mass is 10.0. The van der Waals surface area contributed by atoms with E-state index in [1.807, 2.05) is 18.2 Å². The Hall–Kier alpha value is -2.67. The van der Waals surface area contributed by atoms with Gasteiger partial charge in [-0.25, -0.2) is 4.79 Å². The Bertz CT molecular complexity index is 718. The highest BCUT2D eigenvalue weighted by Crippen LogP contribution is 2.18. The van der Waals surface area contributed by atoms with E-state index in [9.17, 15) is 13.6 Å². The maximum atomic E-state index is 12.1. The number of carbonyl (C=O) groups excluding carboxylic acids is 1. The average molecular weight is 375 g/mol. The van der Waals surface area contributed by atoms with Crippen LogP contribution in [0.2, 0.25) is 0 Å². The number of piperidine rings is 1. The molecular weight excluding hydrogens is 352 g/mol. The number of likely N-dealkylation sites (tertiary alicyclic amines) is 1. The molecule has 1 aliphatic rings. The van der Waals surface area contributed by atoms with Crippen molar-refractivity contribution in [1.29, 1.82) is 0 Å². The van der Waals surface area contributed by atoms with Gasteiger partial charge in [-0.3, -0.25) is 4.90 Å². The Morgan fingerprint density at radius 3 is 2.37 bits per heavy atom. The van der Waals surface area contributed by atoms with Gasteiger partial charge >= 0.3 is 12.6 Å². The van der Waals surface area contributed by atoms with Crippen molar-refractivity contribution in [3.8, 4) is 5.75 Å². The minimum atomic E-state index is -2.86. The molecule has 1 fully saturated rings. The summed E-state index contributed by atoms with van der Waals surface area (Å²) >= 11 is 0. The number of ether oxygens (including phenoxy) is 1. The fourth-order valence-electron chi connectivity index (χ4n) is 3.15. The lowest BCUT2D eigenvalue weighted by Crippen LogP contribution is -2.45. The van der Waals surface area contributed by atoms with E-state index in [1.54, 1.807) is 0 Å². The summed E-state index contributed by atoms with van der Waals surface area (Å²) in [5.41, 5.74) is 1.82. The Morgan fingerprint density at radius 1 is 1.07 bits per heavy atom. The number of rotatable bonds is 6. The van der Waals surface area contributed by atoms with Crippen LogP contribution in [0.3, 0.4) is 0 Å². The number of hydrogen-bond donors (Lipinski definition) is 2. The predicted molar refractivity (Wildman–Crippen MR) is 100.0 cm³/mol. The van der Waals surface area contributed by atoms with Crippen LogP contribution in [0.1, 0.15) is 18.4 Å². The van der Waals surface area contributed by atoms with Crippen molar-refractivity contribution in [3.63, 3.8) is 0 Å². The van der Waals surface area contributed by atoms with E-state index in [-0.39, 0.29) is 17.8 Å². The number of halogens is 2. The smallest absolute Gasteiger partial charge is 0.387 e. The van der Waals surface area contributed by atoms with Gasteiger partial charge in [0.1, 0.15) is 5.75 Å². The standard InChI is InChI=1S/C20H23F2N3O2/c21-19(22)27-18-8-6-16(7-9-18)23-20(26)24-17-10-12-25(13-11-17)14-15-4-2-1-3-5-15/h1-9,17,19H,10-14H2,(H2,23,24,26). The highest BCUT2D eigenvalue weighted by atomic mass is 19.3. The zero-order valence-corrected chi connectivity index (χ0v) is 14.9. The van der Waals surface area contributed by atoms with E-state index >= 15 is 0 Å². The van der Waals surface area contributed by atoms with Crippen LogP contribution in [0.4, 0.5) is 19.3 Å². The molecule has 1 saturated heterocycles. The molecule has 0 unspecified atom stereocenters.